The highest BCUT2D eigenvalue weighted by atomic mass is 16.5. The van der Waals surface area contributed by atoms with Gasteiger partial charge in [-0.2, -0.15) is 0 Å². The van der Waals surface area contributed by atoms with Gasteiger partial charge in [0.1, 0.15) is 5.75 Å². The number of benzene rings is 1. The fourth-order valence-electron chi connectivity index (χ4n) is 3.26. The summed E-state index contributed by atoms with van der Waals surface area (Å²) in [6.07, 6.45) is 6.22. The maximum absolute atomic E-state index is 6.36. The number of methoxy groups -OCH3 is 1. The molecule has 0 bridgehead atoms. The lowest BCUT2D eigenvalue weighted by molar-refractivity contribution is -0.0853. The van der Waals surface area contributed by atoms with Crippen LogP contribution in [0.1, 0.15) is 44.6 Å². The third-order valence-electron chi connectivity index (χ3n) is 4.80. The van der Waals surface area contributed by atoms with Gasteiger partial charge in [0.25, 0.3) is 0 Å². The molecule has 3 nitrogen and oxygen atoms in total. The summed E-state index contributed by atoms with van der Waals surface area (Å²) >= 11 is 0. The largest absolute Gasteiger partial charge is 0.497 e. The molecule has 118 valence electrons. The lowest BCUT2D eigenvalue weighted by Gasteiger charge is -2.40. The molecule has 1 aromatic rings. The summed E-state index contributed by atoms with van der Waals surface area (Å²) < 4.78 is 11.6. The van der Waals surface area contributed by atoms with Crippen LogP contribution in [0, 0.1) is 5.92 Å². The molecular formula is C18H29NO2. The van der Waals surface area contributed by atoms with E-state index in [1.165, 1.54) is 37.7 Å². The average molecular weight is 291 g/mol. The minimum atomic E-state index is 0.0142. The maximum Gasteiger partial charge on any atom is 0.118 e. The van der Waals surface area contributed by atoms with Gasteiger partial charge in [0.05, 0.1) is 19.3 Å². The molecule has 1 aromatic carbocycles. The van der Waals surface area contributed by atoms with Crippen LogP contribution in [0.5, 0.6) is 5.75 Å². The molecule has 0 saturated heterocycles. The molecule has 0 aromatic heterocycles. The number of rotatable bonds is 7. The summed E-state index contributed by atoms with van der Waals surface area (Å²) in [7, 11) is 3.71. The highest BCUT2D eigenvalue weighted by Crippen LogP contribution is 2.36. The lowest BCUT2D eigenvalue weighted by atomic mass is 9.77. The molecule has 0 spiro atoms. The SMILES string of the molecule is CCC1CCC(CNC)(OCc2ccc(OC)cc2)CC1. The van der Waals surface area contributed by atoms with Gasteiger partial charge in [-0.15, -0.1) is 0 Å². The summed E-state index contributed by atoms with van der Waals surface area (Å²) in [5, 5.41) is 3.32. The monoisotopic (exact) mass is 291 g/mol. The molecule has 0 atom stereocenters. The van der Waals surface area contributed by atoms with E-state index in [4.69, 9.17) is 9.47 Å². The number of ether oxygens (including phenoxy) is 2. The first-order valence-electron chi connectivity index (χ1n) is 8.13. The van der Waals surface area contributed by atoms with Crippen LogP contribution in [-0.4, -0.2) is 26.3 Å². The number of hydrogen-bond acceptors (Lipinski definition) is 3. The third kappa shape index (κ3) is 4.45. The molecule has 0 heterocycles. The van der Waals surface area contributed by atoms with Crippen LogP contribution < -0.4 is 10.1 Å². The van der Waals surface area contributed by atoms with Crippen LogP contribution >= 0.6 is 0 Å². The van der Waals surface area contributed by atoms with Gasteiger partial charge in [0, 0.05) is 6.54 Å². The summed E-state index contributed by atoms with van der Waals surface area (Å²) in [6, 6.07) is 8.17. The van der Waals surface area contributed by atoms with E-state index in [0.717, 1.165) is 18.2 Å². The zero-order valence-corrected chi connectivity index (χ0v) is 13.7. The first-order valence-corrected chi connectivity index (χ1v) is 8.13. The topological polar surface area (TPSA) is 30.5 Å². The average Bonchev–Trinajstić information content (AvgIpc) is 2.54. The van der Waals surface area contributed by atoms with Crippen LogP contribution in [0.25, 0.3) is 0 Å². The lowest BCUT2D eigenvalue weighted by Crippen LogP contribution is -2.45. The Bertz CT molecular complexity index is 408. The van der Waals surface area contributed by atoms with Crippen molar-refractivity contribution in [2.75, 3.05) is 20.7 Å². The van der Waals surface area contributed by atoms with Gasteiger partial charge in [-0.25, -0.2) is 0 Å². The van der Waals surface area contributed by atoms with Crippen LogP contribution in [-0.2, 0) is 11.3 Å². The van der Waals surface area contributed by atoms with E-state index >= 15 is 0 Å². The highest BCUT2D eigenvalue weighted by Gasteiger charge is 2.35. The van der Waals surface area contributed by atoms with E-state index in [2.05, 4.69) is 24.4 Å². The molecule has 0 radical (unpaired) electrons. The van der Waals surface area contributed by atoms with E-state index in [1.807, 2.05) is 19.2 Å². The predicted octanol–water partition coefficient (Wildman–Crippen LogP) is 3.77. The van der Waals surface area contributed by atoms with Crippen LogP contribution in [0.3, 0.4) is 0 Å². The van der Waals surface area contributed by atoms with E-state index < -0.39 is 0 Å². The minimum absolute atomic E-state index is 0.0142. The van der Waals surface area contributed by atoms with Crippen molar-refractivity contribution in [2.45, 2.75) is 51.2 Å². The Hall–Kier alpha value is -1.06. The Morgan fingerprint density at radius 2 is 1.86 bits per heavy atom. The van der Waals surface area contributed by atoms with Crippen molar-refractivity contribution in [3.8, 4) is 5.75 Å². The van der Waals surface area contributed by atoms with Crippen molar-refractivity contribution < 1.29 is 9.47 Å². The predicted molar refractivity (Wildman–Crippen MR) is 86.7 cm³/mol. The Labute approximate surface area is 129 Å². The van der Waals surface area contributed by atoms with Crippen molar-refractivity contribution in [1.82, 2.24) is 5.32 Å². The molecule has 2 rings (SSSR count). The van der Waals surface area contributed by atoms with Gasteiger partial charge in [0.15, 0.2) is 0 Å². The Balaban J connectivity index is 1.93. The van der Waals surface area contributed by atoms with Crippen molar-refractivity contribution in [2.24, 2.45) is 5.92 Å². The Kier molecular flexibility index (Phi) is 6.07. The molecule has 1 saturated carbocycles. The summed E-state index contributed by atoms with van der Waals surface area (Å²) in [5.74, 6) is 1.78. The van der Waals surface area contributed by atoms with Gasteiger partial charge in [-0.1, -0.05) is 25.5 Å². The first kappa shape index (κ1) is 16.3. The standard InChI is InChI=1S/C18H29NO2/c1-4-15-9-11-18(12-10-15,14-19-2)21-13-16-5-7-17(20-3)8-6-16/h5-8,15,19H,4,9-14H2,1-3H3. The van der Waals surface area contributed by atoms with E-state index in [1.54, 1.807) is 7.11 Å². The Morgan fingerprint density at radius 1 is 1.19 bits per heavy atom. The number of likely N-dealkylation sites (N-methyl/N-ethyl adjacent to an activating group) is 1. The van der Waals surface area contributed by atoms with E-state index in [0.29, 0.717) is 6.61 Å². The minimum Gasteiger partial charge on any atom is -0.497 e. The van der Waals surface area contributed by atoms with E-state index in [-0.39, 0.29) is 5.60 Å². The second-order valence-electron chi connectivity index (χ2n) is 6.20. The number of hydrogen-bond donors (Lipinski definition) is 1. The zero-order chi connectivity index (χ0) is 15.1. The van der Waals surface area contributed by atoms with Crippen LogP contribution in [0.2, 0.25) is 0 Å². The van der Waals surface area contributed by atoms with Crippen molar-refractivity contribution in [1.29, 1.82) is 0 Å². The zero-order valence-electron chi connectivity index (χ0n) is 13.7. The molecule has 3 heteroatoms. The van der Waals surface area contributed by atoms with Crippen molar-refractivity contribution >= 4 is 0 Å². The molecule has 1 N–H and O–H groups in total. The van der Waals surface area contributed by atoms with Gasteiger partial charge in [-0.05, 0) is 56.3 Å². The molecule has 21 heavy (non-hydrogen) atoms. The molecule has 0 amide bonds. The molecule has 1 aliphatic rings. The fourth-order valence-corrected chi connectivity index (χ4v) is 3.26. The molecule has 1 fully saturated rings. The third-order valence-corrected chi connectivity index (χ3v) is 4.80. The van der Waals surface area contributed by atoms with Crippen LogP contribution in [0.4, 0.5) is 0 Å². The van der Waals surface area contributed by atoms with Crippen molar-refractivity contribution in [3.63, 3.8) is 0 Å². The fraction of sp³-hybridized carbons (Fsp3) is 0.667. The number of nitrogens with one attached hydrogen (secondary N) is 1. The Morgan fingerprint density at radius 3 is 2.38 bits per heavy atom. The smallest absolute Gasteiger partial charge is 0.118 e. The summed E-state index contributed by atoms with van der Waals surface area (Å²) in [4.78, 5) is 0. The first-order chi connectivity index (χ1) is 10.2. The summed E-state index contributed by atoms with van der Waals surface area (Å²) in [6.45, 7) is 3.93. The second kappa shape index (κ2) is 7.81. The van der Waals surface area contributed by atoms with Gasteiger partial charge < -0.3 is 14.8 Å². The maximum atomic E-state index is 6.36. The van der Waals surface area contributed by atoms with Gasteiger partial charge in [-0.3, -0.25) is 0 Å². The molecular weight excluding hydrogens is 262 g/mol. The molecule has 0 aliphatic heterocycles. The molecule has 0 unspecified atom stereocenters. The molecule has 1 aliphatic carbocycles. The normalized spacial score (nSPS) is 25.8. The van der Waals surface area contributed by atoms with Gasteiger partial charge in [0.2, 0.25) is 0 Å². The van der Waals surface area contributed by atoms with Crippen molar-refractivity contribution in [3.05, 3.63) is 29.8 Å². The summed E-state index contributed by atoms with van der Waals surface area (Å²) in [5.41, 5.74) is 1.23. The van der Waals surface area contributed by atoms with Gasteiger partial charge >= 0.3 is 0 Å². The quantitative estimate of drug-likeness (QED) is 0.829. The van der Waals surface area contributed by atoms with Crippen LogP contribution in [0.15, 0.2) is 24.3 Å². The van der Waals surface area contributed by atoms with E-state index in [9.17, 15) is 0 Å². The highest BCUT2D eigenvalue weighted by molar-refractivity contribution is 5.26. The second-order valence-corrected chi connectivity index (χ2v) is 6.20.